The normalized spacial score (nSPS) is 12.0. The lowest BCUT2D eigenvalue weighted by Gasteiger charge is -2.16. The van der Waals surface area contributed by atoms with Crippen LogP contribution in [-0.4, -0.2) is 14.7 Å². The summed E-state index contributed by atoms with van der Waals surface area (Å²) in [5.41, 5.74) is 4.22. The van der Waals surface area contributed by atoms with Crippen LogP contribution in [0.5, 0.6) is 5.75 Å². The Labute approximate surface area is 212 Å². The second-order valence-electron chi connectivity index (χ2n) is 9.88. The molecule has 0 aliphatic rings. The lowest BCUT2D eigenvalue weighted by atomic mass is 9.94. The van der Waals surface area contributed by atoms with Gasteiger partial charge in [-0.1, -0.05) is 78.4 Å². The van der Waals surface area contributed by atoms with E-state index in [0.29, 0.717) is 0 Å². The van der Waals surface area contributed by atoms with Gasteiger partial charge in [-0.3, -0.25) is 4.57 Å². The Bertz CT molecular complexity index is 2220. The Kier molecular flexibility index (Phi) is 4.01. The minimum Gasteiger partial charge on any atom is -0.508 e. The third kappa shape index (κ3) is 2.80. The maximum Gasteiger partial charge on any atom is 0.146 e. The van der Waals surface area contributed by atoms with Crippen molar-refractivity contribution in [2.24, 2.45) is 0 Å². The number of pyridine rings is 1. The van der Waals surface area contributed by atoms with Gasteiger partial charge in [0, 0.05) is 33.0 Å². The van der Waals surface area contributed by atoms with E-state index < -0.39 is 0 Å². The van der Waals surface area contributed by atoms with E-state index >= 15 is 0 Å². The van der Waals surface area contributed by atoms with Crippen molar-refractivity contribution in [1.29, 1.82) is 0 Å². The SMILES string of the molecule is Cc1ccc2c(ccc3c(-n4c5ccccc5c5ccc(O)cc54)nc4ccc5ccccc5c4c32)c1. The number of benzene rings is 6. The zero-order valence-electron chi connectivity index (χ0n) is 20.2. The second kappa shape index (κ2) is 7.31. The summed E-state index contributed by atoms with van der Waals surface area (Å²) < 4.78 is 2.21. The maximum absolute atomic E-state index is 10.5. The van der Waals surface area contributed by atoms with Crippen LogP contribution in [0.25, 0.3) is 70.8 Å². The van der Waals surface area contributed by atoms with Crippen molar-refractivity contribution in [3.8, 4) is 11.6 Å². The lowest BCUT2D eigenvalue weighted by Crippen LogP contribution is -2.00. The van der Waals surface area contributed by atoms with E-state index in [1.165, 1.54) is 37.9 Å². The first kappa shape index (κ1) is 20.3. The van der Waals surface area contributed by atoms with Gasteiger partial charge in [0.25, 0.3) is 0 Å². The quantitative estimate of drug-likeness (QED) is 0.241. The van der Waals surface area contributed by atoms with Crippen molar-refractivity contribution in [2.75, 3.05) is 0 Å². The fraction of sp³-hybridized carbons (Fsp3) is 0.0294. The summed E-state index contributed by atoms with van der Waals surface area (Å²) in [6.07, 6.45) is 0. The number of hydrogen-bond donors (Lipinski definition) is 1. The van der Waals surface area contributed by atoms with Crippen molar-refractivity contribution in [1.82, 2.24) is 9.55 Å². The zero-order chi connectivity index (χ0) is 24.7. The highest BCUT2D eigenvalue weighted by atomic mass is 16.3. The van der Waals surface area contributed by atoms with Crippen molar-refractivity contribution in [3.05, 3.63) is 115 Å². The number of fused-ring (bicyclic) bond motifs is 10. The van der Waals surface area contributed by atoms with Crippen molar-refractivity contribution in [2.45, 2.75) is 6.92 Å². The van der Waals surface area contributed by atoms with Crippen LogP contribution in [0.1, 0.15) is 5.56 Å². The highest BCUT2D eigenvalue weighted by Crippen LogP contribution is 2.41. The van der Waals surface area contributed by atoms with Gasteiger partial charge in [-0.15, -0.1) is 0 Å². The molecule has 3 heteroatoms. The van der Waals surface area contributed by atoms with E-state index in [1.807, 2.05) is 12.1 Å². The van der Waals surface area contributed by atoms with Gasteiger partial charge in [-0.05, 0) is 58.8 Å². The minimum atomic E-state index is 0.244. The van der Waals surface area contributed by atoms with Gasteiger partial charge in [0.1, 0.15) is 11.6 Å². The molecule has 0 aliphatic heterocycles. The maximum atomic E-state index is 10.5. The third-order valence-electron chi connectivity index (χ3n) is 7.67. The summed E-state index contributed by atoms with van der Waals surface area (Å²) in [5.74, 6) is 1.12. The van der Waals surface area contributed by atoms with Crippen LogP contribution >= 0.6 is 0 Å². The Morgan fingerprint density at radius 2 is 1.27 bits per heavy atom. The Morgan fingerprint density at radius 1 is 0.568 bits per heavy atom. The number of aryl methyl sites for hydroxylation is 1. The molecule has 0 amide bonds. The Balaban J connectivity index is 1.66. The summed E-state index contributed by atoms with van der Waals surface area (Å²) in [6.45, 7) is 2.14. The molecule has 2 aromatic heterocycles. The number of aromatic hydroxyl groups is 1. The van der Waals surface area contributed by atoms with E-state index in [0.717, 1.165) is 38.5 Å². The van der Waals surface area contributed by atoms with E-state index in [-0.39, 0.29) is 5.75 Å². The molecule has 0 saturated heterocycles. The topological polar surface area (TPSA) is 38.0 Å². The number of phenols is 1. The van der Waals surface area contributed by atoms with Crippen LogP contribution < -0.4 is 0 Å². The molecule has 174 valence electrons. The van der Waals surface area contributed by atoms with E-state index in [9.17, 15) is 5.11 Å². The fourth-order valence-corrected chi connectivity index (χ4v) is 6.05. The minimum absolute atomic E-state index is 0.244. The van der Waals surface area contributed by atoms with Crippen LogP contribution in [0.2, 0.25) is 0 Å². The largest absolute Gasteiger partial charge is 0.508 e. The molecule has 6 aromatic carbocycles. The lowest BCUT2D eigenvalue weighted by molar-refractivity contribution is 0.476. The van der Waals surface area contributed by atoms with E-state index in [2.05, 4.69) is 102 Å². The second-order valence-corrected chi connectivity index (χ2v) is 9.88. The first-order valence-electron chi connectivity index (χ1n) is 12.5. The smallest absolute Gasteiger partial charge is 0.146 e. The van der Waals surface area contributed by atoms with Crippen LogP contribution in [0.4, 0.5) is 0 Å². The Morgan fingerprint density at radius 3 is 2.19 bits per heavy atom. The predicted octanol–water partition coefficient (Wildman–Crippen LogP) is 8.81. The average Bonchev–Trinajstić information content (AvgIpc) is 3.25. The fourth-order valence-electron chi connectivity index (χ4n) is 6.05. The number of hydrogen-bond acceptors (Lipinski definition) is 2. The number of phenolic OH excluding ortho intramolecular Hbond substituents is 1. The van der Waals surface area contributed by atoms with Gasteiger partial charge < -0.3 is 5.11 Å². The Hall–Kier alpha value is -4.89. The first-order valence-corrected chi connectivity index (χ1v) is 12.5. The van der Waals surface area contributed by atoms with Crippen LogP contribution in [-0.2, 0) is 0 Å². The van der Waals surface area contributed by atoms with E-state index in [4.69, 9.17) is 4.98 Å². The molecule has 0 aliphatic carbocycles. The molecule has 0 fully saturated rings. The first-order chi connectivity index (χ1) is 18.2. The highest BCUT2D eigenvalue weighted by molar-refractivity contribution is 6.28. The molecule has 8 aromatic rings. The average molecular weight is 475 g/mol. The molecule has 0 saturated carbocycles. The summed E-state index contributed by atoms with van der Waals surface area (Å²) in [5, 5.41) is 21.0. The van der Waals surface area contributed by atoms with Crippen molar-refractivity contribution in [3.63, 3.8) is 0 Å². The summed E-state index contributed by atoms with van der Waals surface area (Å²) in [4.78, 5) is 5.33. The standard InChI is InChI=1S/C34H22N2O/c1-20-10-14-25-22(18-20)11-15-28-32(25)33-24-7-3-2-6-21(24)12-17-29(33)35-34(28)36-30-9-5-4-8-26(30)27-16-13-23(37)19-31(27)36/h2-19,37H,1H3. The predicted molar refractivity (Wildman–Crippen MR) is 155 cm³/mol. The molecule has 8 rings (SSSR count). The molecular formula is C34H22N2O. The third-order valence-corrected chi connectivity index (χ3v) is 7.67. The van der Waals surface area contributed by atoms with Gasteiger partial charge in [-0.25, -0.2) is 4.98 Å². The van der Waals surface area contributed by atoms with Crippen LogP contribution in [0, 0.1) is 6.92 Å². The molecular weight excluding hydrogens is 452 g/mol. The summed E-state index contributed by atoms with van der Waals surface area (Å²) in [7, 11) is 0. The van der Waals surface area contributed by atoms with Gasteiger partial charge in [0.2, 0.25) is 0 Å². The van der Waals surface area contributed by atoms with Crippen molar-refractivity contribution >= 4 is 65.0 Å². The molecule has 0 atom stereocenters. The number of rotatable bonds is 1. The molecule has 1 N–H and O–H groups in total. The summed E-state index contributed by atoms with van der Waals surface area (Å²) >= 11 is 0. The molecule has 0 radical (unpaired) electrons. The molecule has 0 unspecified atom stereocenters. The molecule has 3 nitrogen and oxygen atoms in total. The van der Waals surface area contributed by atoms with Gasteiger partial charge >= 0.3 is 0 Å². The number of nitrogens with zero attached hydrogens (tertiary/aromatic N) is 2. The van der Waals surface area contributed by atoms with Crippen molar-refractivity contribution < 1.29 is 5.11 Å². The van der Waals surface area contributed by atoms with E-state index in [1.54, 1.807) is 6.07 Å². The molecule has 0 spiro atoms. The zero-order valence-corrected chi connectivity index (χ0v) is 20.2. The number of para-hydroxylation sites is 1. The molecule has 2 heterocycles. The highest BCUT2D eigenvalue weighted by Gasteiger charge is 2.19. The monoisotopic (exact) mass is 474 g/mol. The molecule has 0 bridgehead atoms. The van der Waals surface area contributed by atoms with Crippen LogP contribution in [0.15, 0.2) is 109 Å². The number of aromatic nitrogens is 2. The van der Waals surface area contributed by atoms with Gasteiger partial charge in [0.05, 0.1) is 16.6 Å². The van der Waals surface area contributed by atoms with Gasteiger partial charge in [-0.2, -0.15) is 0 Å². The van der Waals surface area contributed by atoms with Gasteiger partial charge in [0.15, 0.2) is 0 Å². The molecule has 37 heavy (non-hydrogen) atoms. The van der Waals surface area contributed by atoms with Crippen LogP contribution in [0.3, 0.4) is 0 Å². The summed E-state index contributed by atoms with van der Waals surface area (Å²) in [6, 6.07) is 38.0.